The standard InChI is InChI=1S/C16H20ClN3O5/c1-11(2)16(22)25-10-15(21)19-7-5-18(6-8-19)13-4-3-12(17)9-14(13)20(23)24/h3-4,9,11H,5-8,10H2,1-2H3. The molecule has 1 amide bonds. The molecule has 136 valence electrons. The van der Waals surface area contributed by atoms with Gasteiger partial charge in [0.1, 0.15) is 5.69 Å². The van der Waals surface area contributed by atoms with E-state index in [4.69, 9.17) is 16.3 Å². The molecular formula is C16H20ClN3O5. The van der Waals surface area contributed by atoms with Gasteiger partial charge in [0, 0.05) is 37.3 Å². The van der Waals surface area contributed by atoms with Crippen LogP contribution in [0.5, 0.6) is 0 Å². The summed E-state index contributed by atoms with van der Waals surface area (Å²) in [5, 5.41) is 11.5. The Hall–Kier alpha value is -2.35. The molecule has 1 fully saturated rings. The number of nitrogens with zero attached hydrogens (tertiary/aromatic N) is 3. The summed E-state index contributed by atoms with van der Waals surface area (Å²) in [5.74, 6) is -0.960. The molecule has 2 rings (SSSR count). The minimum absolute atomic E-state index is 0.0573. The lowest BCUT2D eigenvalue weighted by Crippen LogP contribution is -2.50. The molecule has 1 aliphatic heterocycles. The number of carbonyl (C=O) groups excluding carboxylic acids is 2. The zero-order valence-electron chi connectivity index (χ0n) is 14.1. The van der Waals surface area contributed by atoms with E-state index in [0.29, 0.717) is 36.9 Å². The molecule has 1 heterocycles. The van der Waals surface area contributed by atoms with E-state index in [1.54, 1.807) is 30.9 Å². The Labute approximate surface area is 150 Å². The van der Waals surface area contributed by atoms with Crippen molar-refractivity contribution in [2.75, 3.05) is 37.7 Å². The molecule has 1 aromatic rings. The van der Waals surface area contributed by atoms with Crippen molar-refractivity contribution in [1.82, 2.24) is 4.90 Å². The fraction of sp³-hybridized carbons (Fsp3) is 0.500. The number of nitro benzene ring substituents is 1. The number of ether oxygens (including phenoxy) is 1. The molecular weight excluding hydrogens is 350 g/mol. The molecule has 0 radical (unpaired) electrons. The van der Waals surface area contributed by atoms with Crippen molar-refractivity contribution >= 4 is 34.9 Å². The van der Waals surface area contributed by atoms with E-state index in [-0.39, 0.29) is 24.1 Å². The number of rotatable bonds is 5. The minimum atomic E-state index is -0.468. The summed E-state index contributed by atoms with van der Waals surface area (Å²) in [6.07, 6.45) is 0. The molecule has 1 aromatic carbocycles. The largest absolute Gasteiger partial charge is 0.455 e. The highest BCUT2D eigenvalue weighted by molar-refractivity contribution is 6.30. The van der Waals surface area contributed by atoms with Crippen molar-refractivity contribution in [2.24, 2.45) is 5.92 Å². The minimum Gasteiger partial charge on any atom is -0.455 e. The van der Waals surface area contributed by atoms with Crippen LogP contribution in [0.4, 0.5) is 11.4 Å². The predicted octanol–water partition coefficient (Wildman–Crippen LogP) is 2.10. The highest BCUT2D eigenvalue weighted by Crippen LogP contribution is 2.31. The van der Waals surface area contributed by atoms with Gasteiger partial charge in [-0.3, -0.25) is 19.7 Å². The average molecular weight is 370 g/mol. The van der Waals surface area contributed by atoms with Gasteiger partial charge in [-0.05, 0) is 12.1 Å². The van der Waals surface area contributed by atoms with Gasteiger partial charge in [0.25, 0.3) is 11.6 Å². The van der Waals surface area contributed by atoms with Gasteiger partial charge in [0.15, 0.2) is 6.61 Å². The van der Waals surface area contributed by atoms with E-state index in [1.165, 1.54) is 6.07 Å². The zero-order valence-corrected chi connectivity index (χ0v) is 14.9. The van der Waals surface area contributed by atoms with Crippen LogP contribution in [-0.4, -0.2) is 54.5 Å². The first-order valence-electron chi connectivity index (χ1n) is 7.93. The Morgan fingerprint density at radius 3 is 2.48 bits per heavy atom. The van der Waals surface area contributed by atoms with Gasteiger partial charge in [-0.2, -0.15) is 0 Å². The molecule has 0 atom stereocenters. The zero-order chi connectivity index (χ0) is 18.6. The van der Waals surface area contributed by atoms with Crippen LogP contribution in [0.3, 0.4) is 0 Å². The van der Waals surface area contributed by atoms with Crippen LogP contribution in [0.2, 0.25) is 5.02 Å². The fourth-order valence-electron chi connectivity index (χ4n) is 2.50. The highest BCUT2D eigenvalue weighted by Gasteiger charge is 2.26. The lowest BCUT2D eigenvalue weighted by Gasteiger charge is -2.35. The highest BCUT2D eigenvalue weighted by atomic mass is 35.5. The fourth-order valence-corrected chi connectivity index (χ4v) is 2.66. The average Bonchev–Trinajstić information content (AvgIpc) is 2.59. The van der Waals surface area contributed by atoms with Crippen molar-refractivity contribution in [1.29, 1.82) is 0 Å². The molecule has 1 aliphatic rings. The number of nitro groups is 1. The summed E-state index contributed by atoms with van der Waals surface area (Å²) in [4.78, 5) is 37.7. The number of hydrogen-bond acceptors (Lipinski definition) is 6. The van der Waals surface area contributed by atoms with Gasteiger partial charge in [0.05, 0.1) is 10.8 Å². The topological polar surface area (TPSA) is 93.0 Å². The van der Waals surface area contributed by atoms with Crippen LogP contribution in [0.15, 0.2) is 18.2 Å². The Balaban J connectivity index is 1.95. The third kappa shape index (κ3) is 4.82. The molecule has 0 aliphatic carbocycles. The van der Waals surface area contributed by atoms with Crippen LogP contribution >= 0.6 is 11.6 Å². The van der Waals surface area contributed by atoms with Gasteiger partial charge in [-0.1, -0.05) is 25.4 Å². The number of benzene rings is 1. The second kappa shape index (κ2) is 8.15. The molecule has 0 spiro atoms. The summed E-state index contributed by atoms with van der Waals surface area (Å²) in [6, 6.07) is 4.54. The Kier molecular flexibility index (Phi) is 6.19. The second-order valence-electron chi connectivity index (χ2n) is 6.02. The summed E-state index contributed by atoms with van der Waals surface area (Å²) >= 11 is 5.83. The van der Waals surface area contributed by atoms with Gasteiger partial charge < -0.3 is 14.5 Å². The molecule has 8 nitrogen and oxygen atoms in total. The maximum atomic E-state index is 12.1. The lowest BCUT2D eigenvalue weighted by atomic mass is 10.2. The molecule has 0 bridgehead atoms. The number of esters is 1. The monoisotopic (exact) mass is 369 g/mol. The van der Waals surface area contributed by atoms with Crippen molar-refractivity contribution in [3.05, 3.63) is 33.3 Å². The van der Waals surface area contributed by atoms with Gasteiger partial charge in [-0.15, -0.1) is 0 Å². The normalized spacial score (nSPS) is 14.6. The van der Waals surface area contributed by atoms with Crippen LogP contribution in [-0.2, 0) is 14.3 Å². The molecule has 0 saturated carbocycles. The molecule has 9 heteroatoms. The van der Waals surface area contributed by atoms with Crippen molar-refractivity contribution in [3.63, 3.8) is 0 Å². The maximum absolute atomic E-state index is 12.1. The number of anilines is 1. The third-order valence-corrected chi connectivity index (χ3v) is 4.15. The molecule has 25 heavy (non-hydrogen) atoms. The quantitative estimate of drug-likeness (QED) is 0.448. The van der Waals surface area contributed by atoms with Gasteiger partial charge in [-0.25, -0.2) is 0 Å². The summed E-state index contributed by atoms with van der Waals surface area (Å²) in [6.45, 7) is 4.82. The van der Waals surface area contributed by atoms with Crippen LogP contribution in [0, 0.1) is 16.0 Å². The smallest absolute Gasteiger partial charge is 0.308 e. The summed E-state index contributed by atoms with van der Waals surface area (Å²) in [5.41, 5.74) is 0.422. The summed E-state index contributed by atoms with van der Waals surface area (Å²) < 4.78 is 4.95. The number of amides is 1. The SMILES string of the molecule is CC(C)C(=O)OCC(=O)N1CCN(c2ccc(Cl)cc2[N+](=O)[O-])CC1. The third-order valence-electron chi connectivity index (χ3n) is 3.92. The van der Waals surface area contributed by atoms with Crippen LogP contribution in [0.1, 0.15) is 13.8 Å². The molecule has 0 N–H and O–H groups in total. The van der Waals surface area contributed by atoms with Crippen LogP contribution in [0.25, 0.3) is 0 Å². The second-order valence-corrected chi connectivity index (χ2v) is 6.46. The Morgan fingerprint density at radius 1 is 1.28 bits per heavy atom. The van der Waals surface area contributed by atoms with Crippen molar-refractivity contribution in [3.8, 4) is 0 Å². The Morgan fingerprint density at radius 2 is 1.92 bits per heavy atom. The molecule has 0 aromatic heterocycles. The van der Waals surface area contributed by atoms with Gasteiger partial charge >= 0.3 is 5.97 Å². The first kappa shape index (κ1) is 19.0. The number of carbonyl (C=O) groups is 2. The lowest BCUT2D eigenvalue weighted by molar-refractivity contribution is -0.384. The molecule has 1 saturated heterocycles. The number of halogens is 1. The van der Waals surface area contributed by atoms with E-state index < -0.39 is 10.9 Å². The van der Waals surface area contributed by atoms with E-state index in [0.717, 1.165) is 0 Å². The van der Waals surface area contributed by atoms with Crippen molar-refractivity contribution < 1.29 is 19.2 Å². The first-order valence-corrected chi connectivity index (χ1v) is 8.30. The number of piperazine rings is 1. The molecule has 0 unspecified atom stereocenters. The predicted molar refractivity (Wildman–Crippen MR) is 92.7 cm³/mol. The first-order chi connectivity index (χ1) is 11.8. The number of hydrogen-bond donors (Lipinski definition) is 0. The van der Waals surface area contributed by atoms with E-state index in [1.807, 2.05) is 4.90 Å². The Bertz CT molecular complexity index is 672. The van der Waals surface area contributed by atoms with E-state index >= 15 is 0 Å². The van der Waals surface area contributed by atoms with Crippen LogP contribution < -0.4 is 4.90 Å². The van der Waals surface area contributed by atoms with Crippen molar-refractivity contribution in [2.45, 2.75) is 13.8 Å². The van der Waals surface area contributed by atoms with E-state index in [9.17, 15) is 19.7 Å². The summed E-state index contributed by atoms with van der Waals surface area (Å²) in [7, 11) is 0. The van der Waals surface area contributed by atoms with E-state index in [2.05, 4.69) is 0 Å². The van der Waals surface area contributed by atoms with Gasteiger partial charge in [0.2, 0.25) is 0 Å². The maximum Gasteiger partial charge on any atom is 0.308 e.